The first-order valence-corrected chi connectivity index (χ1v) is 7.73. The van der Waals surface area contributed by atoms with Crippen LogP contribution in [0.2, 0.25) is 5.02 Å². The van der Waals surface area contributed by atoms with Gasteiger partial charge >= 0.3 is 12.0 Å². The number of nitrogens with one attached hydrogen (secondary N) is 1. The summed E-state index contributed by atoms with van der Waals surface area (Å²) >= 11 is 7.66. The number of carboxylic acids is 1. The Labute approximate surface area is 126 Å². The number of carbonyl (C=O) groups excluding carboxylic acids is 1. The molecule has 0 aromatic heterocycles. The summed E-state index contributed by atoms with van der Waals surface area (Å²) < 4.78 is 0. The third kappa shape index (κ3) is 3.80. The highest BCUT2D eigenvalue weighted by Crippen LogP contribution is 2.23. The molecule has 1 atom stereocenters. The highest BCUT2D eigenvalue weighted by Gasteiger charge is 2.29. The molecule has 2 N–H and O–H groups in total. The van der Waals surface area contributed by atoms with Crippen molar-refractivity contribution in [3.63, 3.8) is 0 Å². The van der Waals surface area contributed by atoms with Crippen LogP contribution in [0.25, 0.3) is 0 Å². The number of aliphatic carboxylic acids is 1. The van der Waals surface area contributed by atoms with Gasteiger partial charge in [0, 0.05) is 18.1 Å². The Morgan fingerprint density at radius 3 is 2.90 bits per heavy atom. The first-order valence-electron chi connectivity index (χ1n) is 6.19. The van der Waals surface area contributed by atoms with Gasteiger partial charge in [0.1, 0.15) is 0 Å². The van der Waals surface area contributed by atoms with E-state index >= 15 is 0 Å². The van der Waals surface area contributed by atoms with Crippen molar-refractivity contribution in [1.29, 1.82) is 0 Å². The summed E-state index contributed by atoms with van der Waals surface area (Å²) in [5.41, 5.74) is 0.534. The largest absolute Gasteiger partial charge is 0.481 e. The standard InChI is InChI=1S/C13H15ClN2O3S/c14-10-3-1-2-4-11(10)15-13(19)16-5-6-20-8-9(16)7-12(17)18/h1-4,9H,5-8H2,(H,15,19)(H,17,18). The first kappa shape index (κ1) is 15.0. The number of hydrogen-bond donors (Lipinski definition) is 2. The van der Waals surface area contributed by atoms with Crippen LogP contribution in [-0.4, -0.2) is 46.1 Å². The maximum Gasteiger partial charge on any atom is 0.322 e. The molecule has 7 heteroatoms. The predicted octanol–water partition coefficient (Wildman–Crippen LogP) is 2.76. The number of amides is 2. The van der Waals surface area contributed by atoms with Crippen LogP contribution >= 0.6 is 23.4 Å². The minimum Gasteiger partial charge on any atom is -0.481 e. The number of benzene rings is 1. The van der Waals surface area contributed by atoms with Crippen LogP contribution < -0.4 is 5.32 Å². The summed E-state index contributed by atoms with van der Waals surface area (Å²) in [5.74, 6) is 0.557. The highest BCUT2D eigenvalue weighted by molar-refractivity contribution is 7.99. The fourth-order valence-corrected chi connectivity index (χ4v) is 3.29. The minimum atomic E-state index is -0.895. The molecule has 108 valence electrons. The van der Waals surface area contributed by atoms with Crippen LogP contribution in [0.15, 0.2) is 24.3 Å². The van der Waals surface area contributed by atoms with Crippen molar-refractivity contribution in [3.8, 4) is 0 Å². The van der Waals surface area contributed by atoms with E-state index in [1.54, 1.807) is 40.9 Å². The molecule has 1 unspecified atom stereocenters. The van der Waals surface area contributed by atoms with Crippen molar-refractivity contribution < 1.29 is 14.7 Å². The van der Waals surface area contributed by atoms with Gasteiger partial charge in [-0.15, -0.1) is 0 Å². The van der Waals surface area contributed by atoms with E-state index in [0.717, 1.165) is 5.75 Å². The van der Waals surface area contributed by atoms with Crippen LogP contribution in [0.1, 0.15) is 6.42 Å². The van der Waals surface area contributed by atoms with Gasteiger partial charge in [-0.1, -0.05) is 23.7 Å². The molecule has 0 aliphatic carbocycles. The van der Waals surface area contributed by atoms with Gasteiger partial charge in [0.25, 0.3) is 0 Å². The number of para-hydroxylation sites is 1. The second-order valence-electron chi connectivity index (χ2n) is 4.43. The molecule has 0 spiro atoms. The SMILES string of the molecule is O=C(O)CC1CSCCN1C(=O)Nc1ccccc1Cl. The Bertz CT molecular complexity index is 512. The molecule has 1 saturated heterocycles. The Morgan fingerprint density at radius 1 is 1.45 bits per heavy atom. The lowest BCUT2D eigenvalue weighted by molar-refractivity contribution is -0.137. The van der Waals surface area contributed by atoms with Gasteiger partial charge in [-0.05, 0) is 12.1 Å². The molecule has 2 rings (SSSR count). The molecule has 1 aliphatic rings. The zero-order chi connectivity index (χ0) is 14.5. The molecular formula is C13H15ClN2O3S. The first-order chi connectivity index (χ1) is 9.58. The Morgan fingerprint density at radius 2 is 2.20 bits per heavy atom. The van der Waals surface area contributed by atoms with Gasteiger partial charge < -0.3 is 15.3 Å². The summed E-state index contributed by atoms with van der Waals surface area (Å²) in [6.07, 6.45) is -0.0387. The van der Waals surface area contributed by atoms with Gasteiger partial charge in [-0.2, -0.15) is 11.8 Å². The second-order valence-corrected chi connectivity index (χ2v) is 5.99. The lowest BCUT2D eigenvalue weighted by Gasteiger charge is -2.34. The number of carboxylic acid groups (broad SMARTS) is 1. The van der Waals surface area contributed by atoms with Gasteiger partial charge in [-0.25, -0.2) is 4.79 Å². The van der Waals surface area contributed by atoms with Crippen molar-refractivity contribution in [2.75, 3.05) is 23.4 Å². The van der Waals surface area contributed by atoms with Crippen molar-refractivity contribution in [2.24, 2.45) is 0 Å². The maximum absolute atomic E-state index is 12.3. The van der Waals surface area contributed by atoms with E-state index < -0.39 is 5.97 Å². The molecule has 0 bridgehead atoms. The number of thioether (sulfide) groups is 1. The quantitative estimate of drug-likeness (QED) is 0.900. The Hall–Kier alpha value is -1.40. The van der Waals surface area contributed by atoms with E-state index in [1.165, 1.54) is 0 Å². The molecule has 1 aromatic carbocycles. The molecule has 0 radical (unpaired) electrons. The average molecular weight is 315 g/mol. The van der Waals surface area contributed by atoms with E-state index in [1.807, 2.05) is 0 Å². The monoisotopic (exact) mass is 314 g/mol. The summed E-state index contributed by atoms with van der Waals surface area (Å²) in [7, 11) is 0. The zero-order valence-electron chi connectivity index (χ0n) is 10.7. The summed E-state index contributed by atoms with van der Waals surface area (Å²) in [5, 5.41) is 12.1. The summed E-state index contributed by atoms with van der Waals surface area (Å²) in [4.78, 5) is 24.7. The third-order valence-electron chi connectivity index (χ3n) is 3.01. The number of carbonyl (C=O) groups is 2. The fourth-order valence-electron chi connectivity index (χ4n) is 2.04. The van der Waals surface area contributed by atoms with Crippen LogP contribution in [0.4, 0.5) is 10.5 Å². The van der Waals surface area contributed by atoms with Crippen LogP contribution in [0.5, 0.6) is 0 Å². The topological polar surface area (TPSA) is 69.6 Å². The zero-order valence-corrected chi connectivity index (χ0v) is 12.3. The number of halogens is 1. The number of rotatable bonds is 3. The second kappa shape index (κ2) is 6.85. The lowest BCUT2D eigenvalue weighted by Crippen LogP contribution is -2.48. The molecular weight excluding hydrogens is 300 g/mol. The highest BCUT2D eigenvalue weighted by atomic mass is 35.5. The van der Waals surface area contributed by atoms with Gasteiger partial charge in [0.05, 0.1) is 23.2 Å². The van der Waals surface area contributed by atoms with Crippen molar-refractivity contribution >= 4 is 41.1 Å². The van der Waals surface area contributed by atoms with E-state index in [-0.39, 0.29) is 18.5 Å². The molecule has 1 heterocycles. The normalized spacial score (nSPS) is 18.6. The van der Waals surface area contributed by atoms with Gasteiger partial charge in [-0.3, -0.25) is 4.79 Å². The van der Waals surface area contributed by atoms with Crippen molar-refractivity contribution in [2.45, 2.75) is 12.5 Å². The molecule has 1 aromatic rings. The van der Waals surface area contributed by atoms with Crippen LogP contribution in [-0.2, 0) is 4.79 Å². The Kier molecular flexibility index (Phi) is 5.14. The van der Waals surface area contributed by atoms with E-state index in [9.17, 15) is 9.59 Å². The number of anilines is 1. The lowest BCUT2D eigenvalue weighted by atomic mass is 10.2. The summed E-state index contributed by atoms with van der Waals surface area (Å²) in [6, 6.07) is 6.38. The molecule has 0 saturated carbocycles. The minimum absolute atomic E-state index is 0.0387. The molecule has 20 heavy (non-hydrogen) atoms. The van der Waals surface area contributed by atoms with E-state index in [0.29, 0.717) is 23.0 Å². The third-order valence-corrected chi connectivity index (χ3v) is 4.44. The molecule has 2 amide bonds. The van der Waals surface area contributed by atoms with Crippen molar-refractivity contribution in [1.82, 2.24) is 4.90 Å². The fraction of sp³-hybridized carbons (Fsp3) is 0.385. The molecule has 5 nitrogen and oxygen atoms in total. The van der Waals surface area contributed by atoms with E-state index in [4.69, 9.17) is 16.7 Å². The van der Waals surface area contributed by atoms with Crippen molar-refractivity contribution in [3.05, 3.63) is 29.3 Å². The Balaban J connectivity index is 2.06. The van der Waals surface area contributed by atoms with E-state index in [2.05, 4.69) is 5.32 Å². The van der Waals surface area contributed by atoms with Gasteiger partial charge in [0.15, 0.2) is 0 Å². The molecule has 1 aliphatic heterocycles. The van der Waals surface area contributed by atoms with Gasteiger partial charge in [0.2, 0.25) is 0 Å². The summed E-state index contributed by atoms with van der Waals surface area (Å²) in [6.45, 7) is 0.541. The smallest absolute Gasteiger partial charge is 0.322 e. The number of urea groups is 1. The van der Waals surface area contributed by atoms with Crippen LogP contribution in [0.3, 0.4) is 0 Å². The number of nitrogens with zero attached hydrogens (tertiary/aromatic N) is 1. The maximum atomic E-state index is 12.3. The average Bonchev–Trinajstić information content (AvgIpc) is 2.41. The molecule has 1 fully saturated rings. The predicted molar refractivity (Wildman–Crippen MR) is 80.5 cm³/mol. The number of hydrogen-bond acceptors (Lipinski definition) is 3. The van der Waals surface area contributed by atoms with Crippen LogP contribution in [0, 0.1) is 0 Å².